The van der Waals surface area contributed by atoms with Crippen molar-refractivity contribution in [3.05, 3.63) is 18.0 Å². The van der Waals surface area contributed by atoms with Crippen LogP contribution >= 0.6 is 0 Å². The summed E-state index contributed by atoms with van der Waals surface area (Å²) in [5, 5.41) is 8.18. The lowest BCUT2D eigenvalue weighted by Crippen LogP contribution is -2.30. The minimum absolute atomic E-state index is 0.358. The third kappa shape index (κ3) is 2.12. The molecule has 7 nitrogen and oxygen atoms in total. The number of hydrogen-bond acceptors (Lipinski definition) is 7. The van der Waals surface area contributed by atoms with Crippen LogP contribution in [0, 0.1) is 0 Å². The first kappa shape index (κ1) is 13.3. The van der Waals surface area contributed by atoms with E-state index in [0.717, 1.165) is 5.76 Å². The Morgan fingerprint density at radius 2 is 2.25 bits per heavy atom. The van der Waals surface area contributed by atoms with Crippen LogP contribution in [-0.4, -0.2) is 35.0 Å². The van der Waals surface area contributed by atoms with Crippen LogP contribution in [0.4, 0.5) is 0 Å². The van der Waals surface area contributed by atoms with Gasteiger partial charge in [0.25, 0.3) is 11.8 Å². The monoisotopic (exact) mass is 279 g/mol. The van der Waals surface area contributed by atoms with Crippen LogP contribution < -0.4 is 0 Å². The van der Waals surface area contributed by atoms with Crippen molar-refractivity contribution in [2.45, 2.75) is 32.3 Å². The average Bonchev–Trinajstić information content (AvgIpc) is 3.18. The fourth-order valence-electron chi connectivity index (χ4n) is 2.37. The largest absolute Gasteiger partial charge is 0.448 e. The molecule has 0 saturated carbocycles. The maximum Gasteiger partial charge on any atom is 0.270 e. The number of nitrogens with zero attached hydrogens (tertiary/aromatic N) is 3. The van der Waals surface area contributed by atoms with Crippen LogP contribution in [0.3, 0.4) is 0 Å². The van der Waals surface area contributed by atoms with E-state index in [-0.39, 0.29) is 0 Å². The van der Waals surface area contributed by atoms with E-state index in [1.807, 2.05) is 13.8 Å². The van der Waals surface area contributed by atoms with Gasteiger partial charge in [-0.3, -0.25) is 0 Å². The molecule has 0 aromatic carbocycles. The molecule has 1 aliphatic heterocycles. The summed E-state index contributed by atoms with van der Waals surface area (Å²) in [6.07, 6.45) is 2.81. The molecule has 2 aromatic rings. The fraction of sp³-hybridized carbons (Fsp3) is 0.615. The van der Waals surface area contributed by atoms with Gasteiger partial charge in [-0.2, -0.15) is 0 Å². The summed E-state index contributed by atoms with van der Waals surface area (Å²) in [6.45, 7) is 5.53. The molecule has 1 atom stereocenters. The molecular weight excluding hydrogens is 262 g/mol. The first-order valence-electron chi connectivity index (χ1n) is 6.77. The van der Waals surface area contributed by atoms with E-state index in [4.69, 9.17) is 18.3 Å². The van der Waals surface area contributed by atoms with Crippen LogP contribution in [0.1, 0.15) is 31.9 Å². The molecule has 108 valence electrons. The Hall–Kier alpha value is -1.73. The van der Waals surface area contributed by atoms with Crippen molar-refractivity contribution in [3.63, 3.8) is 0 Å². The number of hydrogen-bond donors (Lipinski definition) is 0. The topological polar surface area (TPSA) is 83.4 Å². The summed E-state index contributed by atoms with van der Waals surface area (Å²) in [6, 6.07) is 0. The molecule has 0 spiro atoms. The smallest absolute Gasteiger partial charge is 0.270 e. The van der Waals surface area contributed by atoms with Crippen molar-refractivity contribution in [2.24, 2.45) is 0 Å². The van der Waals surface area contributed by atoms with Crippen molar-refractivity contribution >= 4 is 0 Å². The standard InChI is InChI=1S/C13H17N3O4/c1-3-9-10(14-8-18-9)11-15-16-12(20-11)13(19-4-2)5-6-17-7-13/h8H,3-7H2,1-2H3. The van der Waals surface area contributed by atoms with E-state index >= 15 is 0 Å². The molecule has 3 heterocycles. The summed E-state index contributed by atoms with van der Waals surface area (Å²) in [7, 11) is 0. The van der Waals surface area contributed by atoms with Gasteiger partial charge < -0.3 is 18.3 Å². The number of aryl methyl sites for hydroxylation is 1. The molecule has 1 aliphatic rings. The maximum absolute atomic E-state index is 5.80. The Bertz CT molecular complexity index is 572. The van der Waals surface area contributed by atoms with Gasteiger partial charge >= 0.3 is 0 Å². The fourth-order valence-corrected chi connectivity index (χ4v) is 2.37. The molecule has 7 heteroatoms. The molecule has 20 heavy (non-hydrogen) atoms. The van der Waals surface area contributed by atoms with Crippen LogP contribution in [0.25, 0.3) is 11.6 Å². The predicted molar refractivity (Wildman–Crippen MR) is 67.9 cm³/mol. The van der Waals surface area contributed by atoms with Crippen molar-refractivity contribution in [1.29, 1.82) is 0 Å². The Morgan fingerprint density at radius 1 is 1.35 bits per heavy atom. The van der Waals surface area contributed by atoms with Gasteiger partial charge in [0.2, 0.25) is 0 Å². The lowest BCUT2D eigenvalue weighted by atomic mass is 10.0. The Labute approximate surface area is 116 Å². The molecule has 1 fully saturated rings. The number of rotatable bonds is 5. The number of oxazole rings is 1. The summed E-state index contributed by atoms with van der Waals surface area (Å²) in [4.78, 5) is 4.13. The van der Waals surface area contributed by atoms with E-state index in [1.54, 1.807) is 0 Å². The van der Waals surface area contributed by atoms with Gasteiger partial charge in [-0.05, 0) is 6.92 Å². The lowest BCUT2D eigenvalue weighted by Gasteiger charge is -2.22. The quantitative estimate of drug-likeness (QED) is 0.826. The summed E-state index contributed by atoms with van der Waals surface area (Å²) < 4.78 is 22.3. The normalized spacial score (nSPS) is 22.5. The first-order chi connectivity index (χ1) is 9.79. The molecule has 1 unspecified atom stereocenters. The predicted octanol–water partition coefficient (Wildman–Crippen LogP) is 1.94. The van der Waals surface area contributed by atoms with Gasteiger partial charge in [-0.25, -0.2) is 4.98 Å². The molecule has 0 aliphatic carbocycles. The first-order valence-corrected chi connectivity index (χ1v) is 6.77. The van der Waals surface area contributed by atoms with Crippen molar-refractivity contribution in [1.82, 2.24) is 15.2 Å². The van der Waals surface area contributed by atoms with Gasteiger partial charge in [-0.1, -0.05) is 6.92 Å². The Morgan fingerprint density at radius 3 is 2.95 bits per heavy atom. The lowest BCUT2D eigenvalue weighted by molar-refractivity contribution is -0.0657. The average molecular weight is 279 g/mol. The Kier molecular flexibility index (Phi) is 3.54. The van der Waals surface area contributed by atoms with Gasteiger partial charge in [0, 0.05) is 19.4 Å². The van der Waals surface area contributed by atoms with Gasteiger partial charge in [-0.15, -0.1) is 10.2 Å². The van der Waals surface area contributed by atoms with Gasteiger partial charge in [0.1, 0.15) is 5.76 Å². The molecule has 3 rings (SSSR count). The van der Waals surface area contributed by atoms with Crippen molar-refractivity contribution in [2.75, 3.05) is 19.8 Å². The molecule has 0 bridgehead atoms. The molecule has 0 amide bonds. The molecule has 2 aromatic heterocycles. The number of ether oxygens (including phenoxy) is 2. The van der Waals surface area contributed by atoms with E-state index in [9.17, 15) is 0 Å². The summed E-state index contributed by atoms with van der Waals surface area (Å²) in [5.74, 6) is 1.53. The van der Waals surface area contributed by atoms with Crippen LogP contribution in [-0.2, 0) is 21.5 Å². The second kappa shape index (κ2) is 5.34. The van der Waals surface area contributed by atoms with E-state index in [2.05, 4.69) is 15.2 Å². The van der Waals surface area contributed by atoms with E-state index < -0.39 is 5.60 Å². The third-order valence-corrected chi connectivity index (χ3v) is 3.39. The molecule has 0 radical (unpaired) electrons. The highest BCUT2D eigenvalue weighted by Crippen LogP contribution is 2.35. The number of aromatic nitrogens is 3. The van der Waals surface area contributed by atoms with E-state index in [0.29, 0.717) is 50.1 Å². The molecular formula is C13H17N3O4. The zero-order valence-corrected chi connectivity index (χ0v) is 11.6. The Balaban J connectivity index is 1.93. The summed E-state index contributed by atoms with van der Waals surface area (Å²) >= 11 is 0. The second-order valence-electron chi connectivity index (χ2n) is 4.62. The van der Waals surface area contributed by atoms with Gasteiger partial charge in [0.05, 0.1) is 13.2 Å². The molecule has 0 N–H and O–H groups in total. The zero-order valence-electron chi connectivity index (χ0n) is 11.6. The van der Waals surface area contributed by atoms with Crippen molar-refractivity contribution in [3.8, 4) is 11.6 Å². The minimum Gasteiger partial charge on any atom is -0.448 e. The highest BCUT2D eigenvalue weighted by molar-refractivity contribution is 5.48. The second-order valence-corrected chi connectivity index (χ2v) is 4.62. The molecule has 1 saturated heterocycles. The third-order valence-electron chi connectivity index (χ3n) is 3.39. The maximum atomic E-state index is 5.80. The minimum atomic E-state index is -0.629. The zero-order chi connectivity index (χ0) is 14.0. The highest BCUT2D eigenvalue weighted by Gasteiger charge is 2.43. The van der Waals surface area contributed by atoms with Gasteiger partial charge in [0.15, 0.2) is 17.7 Å². The van der Waals surface area contributed by atoms with E-state index in [1.165, 1.54) is 6.39 Å². The van der Waals surface area contributed by atoms with Crippen LogP contribution in [0.2, 0.25) is 0 Å². The summed E-state index contributed by atoms with van der Waals surface area (Å²) in [5.41, 5.74) is -0.0346. The highest BCUT2D eigenvalue weighted by atomic mass is 16.6. The van der Waals surface area contributed by atoms with Crippen LogP contribution in [0.5, 0.6) is 0 Å². The van der Waals surface area contributed by atoms with Crippen molar-refractivity contribution < 1.29 is 18.3 Å². The SMILES string of the molecule is CCOC1(c2nnc(-c3ncoc3CC)o2)CCOC1. The van der Waals surface area contributed by atoms with Crippen LogP contribution in [0.15, 0.2) is 15.2 Å².